The fourth-order valence-electron chi connectivity index (χ4n) is 2.15. The summed E-state index contributed by atoms with van der Waals surface area (Å²) in [6.07, 6.45) is 0.676. The van der Waals surface area contributed by atoms with Gasteiger partial charge in [-0.3, -0.25) is 14.9 Å². The Balaban J connectivity index is 2.09. The summed E-state index contributed by atoms with van der Waals surface area (Å²) in [4.78, 5) is 22.6. The number of imide groups is 1. The van der Waals surface area contributed by atoms with Gasteiger partial charge < -0.3 is 4.74 Å². The van der Waals surface area contributed by atoms with Crippen molar-refractivity contribution in [3.05, 3.63) is 29.6 Å². The Morgan fingerprint density at radius 3 is 2.80 bits per heavy atom. The highest BCUT2D eigenvalue weighted by atomic mass is 19.1. The van der Waals surface area contributed by atoms with Crippen LogP contribution in [-0.2, 0) is 9.59 Å². The van der Waals surface area contributed by atoms with Crippen molar-refractivity contribution in [3.8, 4) is 5.75 Å². The Morgan fingerprint density at radius 1 is 1.45 bits per heavy atom. The summed E-state index contributed by atoms with van der Waals surface area (Å²) < 4.78 is 19.4. The van der Waals surface area contributed by atoms with Crippen LogP contribution in [0.4, 0.5) is 4.39 Å². The number of nitrogens with one attached hydrogen (secondary N) is 1. The van der Waals surface area contributed by atoms with Gasteiger partial charge in [0.25, 0.3) is 5.91 Å². The van der Waals surface area contributed by atoms with Gasteiger partial charge in [0, 0.05) is 18.9 Å². The van der Waals surface area contributed by atoms with E-state index >= 15 is 0 Å². The molecule has 20 heavy (non-hydrogen) atoms. The van der Waals surface area contributed by atoms with Crippen LogP contribution in [0.3, 0.4) is 0 Å². The molecule has 1 N–H and O–H groups in total. The zero-order valence-corrected chi connectivity index (χ0v) is 11.6. The molecule has 4 nitrogen and oxygen atoms in total. The van der Waals surface area contributed by atoms with Crippen molar-refractivity contribution >= 4 is 11.8 Å². The molecule has 0 aliphatic carbocycles. The number of rotatable bonds is 4. The molecule has 1 aromatic carbocycles. The first-order valence-electron chi connectivity index (χ1n) is 6.81. The fraction of sp³-hybridized carbons (Fsp3) is 0.467. The standard InChI is InChI=1S/C15H18FNO3/c1-3-9(2)11-5-4-10(8-12(11)16)20-13-6-7-14(18)17-15(13)19/h4-5,8-9,13H,3,6-7H2,1-2H3,(H,17,18,19)/t9-,13?/m1/s1. The van der Waals surface area contributed by atoms with E-state index in [0.29, 0.717) is 17.7 Å². The number of carbonyl (C=O) groups excluding carboxylic acids is 2. The Bertz CT molecular complexity index is 530. The molecule has 0 bridgehead atoms. The van der Waals surface area contributed by atoms with Gasteiger partial charge in [0.05, 0.1) is 0 Å². The van der Waals surface area contributed by atoms with Crippen molar-refractivity contribution in [2.24, 2.45) is 0 Å². The van der Waals surface area contributed by atoms with Crippen LogP contribution in [0.15, 0.2) is 18.2 Å². The average Bonchev–Trinajstić information content (AvgIpc) is 2.41. The van der Waals surface area contributed by atoms with Crippen LogP contribution in [0.1, 0.15) is 44.6 Å². The zero-order chi connectivity index (χ0) is 14.7. The van der Waals surface area contributed by atoms with Crippen LogP contribution >= 0.6 is 0 Å². The largest absolute Gasteiger partial charge is 0.480 e. The number of ether oxygens (including phenoxy) is 1. The molecule has 1 fully saturated rings. The van der Waals surface area contributed by atoms with Crippen LogP contribution in [0.25, 0.3) is 0 Å². The third-order valence-corrected chi connectivity index (χ3v) is 3.58. The Morgan fingerprint density at radius 2 is 2.20 bits per heavy atom. The van der Waals surface area contributed by atoms with E-state index in [1.54, 1.807) is 12.1 Å². The number of hydrogen-bond donors (Lipinski definition) is 1. The highest BCUT2D eigenvalue weighted by Crippen LogP contribution is 2.26. The maximum atomic E-state index is 14.0. The summed E-state index contributed by atoms with van der Waals surface area (Å²) in [5.74, 6) is -0.645. The highest BCUT2D eigenvalue weighted by molar-refractivity contribution is 5.99. The molecule has 5 heteroatoms. The van der Waals surface area contributed by atoms with Gasteiger partial charge in [-0.15, -0.1) is 0 Å². The molecule has 0 saturated carbocycles. The summed E-state index contributed by atoms with van der Waals surface area (Å²) >= 11 is 0. The van der Waals surface area contributed by atoms with E-state index in [-0.39, 0.29) is 24.1 Å². The lowest BCUT2D eigenvalue weighted by atomic mass is 9.98. The monoisotopic (exact) mass is 279 g/mol. The molecule has 1 saturated heterocycles. The number of amides is 2. The third kappa shape index (κ3) is 3.15. The van der Waals surface area contributed by atoms with E-state index in [2.05, 4.69) is 5.32 Å². The molecule has 1 aliphatic rings. The molecule has 0 spiro atoms. The smallest absolute Gasteiger partial charge is 0.267 e. The van der Waals surface area contributed by atoms with Crippen LogP contribution < -0.4 is 10.1 Å². The normalized spacial score (nSPS) is 20.4. The van der Waals surface area contributed by atoms with Gasteiger partial charge in [0.1, 0.15) is 11.6 Å². The van der Waals surface area contributed by atoms with Gasteiger partial charge in [-0.05, 0) is 24.0 Å². The SMILES string of the molecule is CC[C@@H](C)c1ccc(OC2CCC(=O)NC2=O)cc1F. The van der Waals surface area contributed by atoms with Crippen LogP contribution in [0.2, 0.25) is 0 Å². The number of benzene rings is 1. The highest BCUT2D eigenvalue weighted by Gasteiger charge is 2.28. The third-order valence-electron chi connectivity index (χ3n) is 3.58. The molecular formula is C15H18FNO3. The number of hydrogen-bond acceptors (Lipinski definition) is 3. The molecule has 108 valence electrons. The van der Waals surface area contributed by atoms with Crippen LogP contribution in [0, 0.1) is 5.82 Å². The first-order chi connectivity index (χ1) is 9.51. The maximum absolute atomic E-state index is 14.0. The number of piperidine rings is 1. The lowest BCUT2D eigenvalue weighted by molar-refractivity contribution is -0.138. The topological polar surface area (TPSA) is 55.4 Å². The Labute approximate surface area is 117 Å². The van der Waals surface area contributed by atoms with E-state index in [9.17, 15) is 14.0 Å². The van der Waals surface area contributed by atoms with Crippen molar-refractivity contribution in [2.75, 3.05) is 0 Å². The molecule has 1 aromatic rings. The quantitative estimate of drug-likeness (QED) is 0.862. The predicted octanol–water partition coefficient (Wildman–Crippen LogP) is 2.52. The fourth-order valence-corrected chi connectivity index (χ4v) is 2.15. The minimum Gasteiger partial charge on any atom is -0.480 e. The van der Waals surface area contributed by atoms with E-state index in [1.165, 1.54) is 6.07 Å². The van der Waals surface area contributed by atoms with Crippen LogP contribution in [-0.4, -0.2) is 17.9 Å². The summed E-state index contributed by atoms with van der Waals surface area (Å²) in [6, 6.07) is 4.64. The minimum atomic E-state index is -0.735. The second-order valence-electron chi connectivity index (χ2n) is 5.05. The second-order valence-corrected chi connectivity index (χ2v) is 5.05. The van der Waals surface area contributed by atoms with Crippen molar-refractivity contribution in [2.45, 2.75) is 45.1 Å². The lowest BCUT2D eigenvalue weighted by Gasteiger charge is -2.22. The van der Waals surface area contributed by atoms with Crippen molar-refractivity contribution in [1.29, 1.82) is 0 Å². The van der Waals surface area contributed by atoms with E-state index in [0.717, 1.165) is 6.42 Å². The molecule has 1 aliphatic heterocycles. The second kappa shape index (κ2) is 6.03. The van der Waals surface area contributed by atoms with E-state index in [1.807, 2.05) is 13.8 Å². The van der Waals surface area contributed by atoms with Gasteiger partial charge in [-0.2, -0.15) is 0 Å². The summed E-state index contributed by atoms with van der Waals surface area (Å²) in [7, 11) is 0. The molecule has 0 radical (unpaired) electrons. The first-order valence-corrected chi connectivity index (χ1v) is 6.81. The van der Waals surface area contributed by atoms with Gasteiger partial charge in [0.15, 0.2) is 6.10 Å². The molecule has 0 aromatic heterocycles. The van der Waals surface area contributed by atoms with Crippen molar-refractivity contribution < 1.29 is 18.7 Å². The number of carbonyl (C=O) groups is 2. The van der Waals surface area contributed by atoms with Crippen molar-refractivity contribution in [3.63, 3.8) is 0 Å². The maximum Gasteiger partial charge on any atom is 0.267 e. The average molecular weight is 279 g/mol. The number of halogens is 1. The molecule has 2 atom stereocenters. The molecular weight excluding hydrogens is 261 g/mol. The summed E-state index contributed by atoms with van der Waals surface area (Å²) in [6.45, 7) is 3.96. The lowest BCUT2D eigenvalue weighted by Crippen LogP contribution is -2.46. The van der Waals surface area contributed by atoms with Gasteiger partial charge in [-0.1, -0.05) is 19.9 Å². The minimum absolute atomic E-state index is 0.139. The van der Waals surface area contributed by atoms with E-state index in [4.69, 9.17) is 4.74 Å². The summed E-state index contributed by atoms with van der Waals surface area (Å²) in [5.41, 5.74) is 0.642. The molecule has 1 unspecified atom stereocenters. The molecule has 2 rings (SSSR count). The molecule has 2 amide bonds. The zero-order valence-electron chi connectivity index (χ0n) is 11.6. The summed E-state index contributed by atoms with van der Waals surface area (Å²) in [5, 5.41) is 2.21. The van der Waals surface area contributed by atoms with E-state index < -0.39 is 12.0 Å². The van der Waals surface area contributed by atoms with Gasteiger partial charge >= 0.3 is 0 Å². The Kier molecular flexibility index (Phi) is 4.37. The first kappa shape index (κ1) is 14.5. The van der Waals surface area contributed by atoms with Crippen LogP contribution in [0.5, 0.6) is 5.75 Å². The molecule has 1 heterocycles. The van der Waals surface area contributed by atoms with Gasteiger partial charge in [0.2, 0.25) is 5.91 Å². The van der Waals surface area contributed by atoms with Crippen molar-refractivity contribution in [1.82, 2.24) is 5.32 Å². The Hall–Kier alpha value is -1.91. The van der Waals surface area contributed by atoms with Gasteiger partial charge in [-0.25, -0.2) is 4.39 Å². The predicted molar refractivity (Wildman–Crippen MR) is 71.9 cm³/mol.